The number of carboxylic acid groups (broad SMARTS) is 2. The smallest absolute Gasteiger partial charge is 0.344 e. The molecule has 0 amide bonds. The molecular weight excluding hydrogens is 324 g/mol. The van der Waals surface area contributed by atoms with Gasteiger partial charge in [0.1, 0.15) is 0 Å². The molecule has 0 bridgehead atoms. The Kier molecular flexibility index (Phi) is 13.4. The minimum atomic E-state index is -1.27. The van der Waals surface area contributed by atoms with Crippen molar-refractivity contribution in [3.63, 3.8) is 0 Å². The Hall–Kier alpha value is -1.85. The maximum absolute atomic E-state index is 11.6. The number of esters is 1. The highest BCUT2D eigenvalue weighted by molar-refractivity contribution is 5.81. The Balaban J connectivity index is 3.97. The average molecular weight is 356 g/mol. The summed E-state index contributed by atoms with van der Waals surface area (Å²) < 4.78 is 4.67. The zero-order chi connectivity index (χ0) is 19.1. The summed E-state index contributed by atoms with van der Waals surface area (Å²) in [5, 5.41) is 17.8. The molecular formula is C19H32O6. The second-order valence-electron chi connectivity index (χ2n) is 6.33. The van der Waals surface area contributed by atoms with Gasteiger partial charge in [-0.3, -0.25) is 9.59 Å². The van der Waals surface area contributed by atoms with Crippen LogP contribution >= 0.6 is 0 Å². The van der Waals surface area contributed by atoms with Gasteiger partial charge in [-0.25, -0.2) is 4.79 Å². The summed E-state index contributed by atoms with van der Waals surface area (Å²) in [6, 6.07) is 0. The Labute approximate surface area is 150 Å². The van der Waals surface area contributed by atoms with Crippen LogP contribution in [0.3, 0.4) is 0 Å². The van der Waals surface area contributed by atoms with E-state index in [0.717, 1.165) is 12.8 Å². The molecule has 6 nitrogen and oxygen atoms in total. The zero-order valence-corrected chi connectivity index (χ0v) is 15.4. The first-order chi connectivity index (χ1) is 11.9. The van der Waals surface area contributed by atoms with Crippen LogP contribution in [0.15, 0.2) is 12.2 Å². The Bertz CT molecular complexity index is 430. The molecule has 25 heavy (non-hydrogen) atoms. The molecule has 0 aromatic heterocycles. The minimum Gasteiger partial charge on any atom is -0.481 e. The van der Waals surface area contributed by atoms with Crippen molar-refractivity contribution >= 4 is 17.9 Å². The number of carbonyl (C=O) groups excluding carboxylic acids is 1. The summed E-state index contributed by atoms with van der Waals surface area (Å²) in [4.78, 5) is 33.4. The lowest BCUT2D eigenvalue weighted by atomic mass is 10.0. The fourth-order valence-corrected chi connectivity index (χ4v) is 2.37. The van der Waals surface area contributed by atoms with Crippen molar-refractivity contribution in [1.82, 2.24) is 0 Å². The van der Waals surface area contributed by atoms with Crippen LogP contribution in [0, 0.1) is 5.92 Å². The lowest BCUT2D eigenvalue weighted by Crippen LogP contribution is -2.26. The zero-order valence-electron chi connectivity index (χ0n) is 15.4. The van der Waals surface area contributed by atoms with E-state index in [1.807, 2.05) is 6.08 Å². The molecule has 0 radical (unpaired) electrons. The van der Waals surface area contributed by atoms with Gasteiger partial charge in [0.05, 0.1) is 12.3 Å². The number of hydrogen-bond acceptors (Lipinski definition) is 4. The van der Waals surface area contributed by atoms with Crippen molar-refractivity contribution < 1.29 is 29.3 Å². The van der Waals surface area contributed by atoms with Gasteiger partial charge in [-0.2, -0.15) is 0 Å². The molecule has 0 spiro atoms. The summed E-state index contributed by atoms with van der Waals surface area (Å²) >= 11 is 0. The normalized spacial score (nSPS) is 13.5. The molecule has 0 aliphatic rings. The number of unbranched alkanes of at least 4 members (excludes halogenated alkanes) is 7. The van der Waals surface area contributed by atoms with Crippen LogP contribution in [0.5, 0.6) is 0 Å². The van der Waals surface area contributed by atoms with E-state index < -0.39 is 29.9 Å². The molecule has 2 unspecified atom stereocenters. The van der Waals surface area contributed by atoms with Crippen molar-refractivity contribution in [2.75, 3.05) is 0 Å². The van der Waals surface area contributed by atoms with Crippen LogP contribution in [-0.2, 0) is 19.1 Å². The fourth-order valence-electron chi connectivity index (χ4n) is 2.37. The highest BCUT2D eigenvalue weighted by atomic mass is 16.6. The monoisotopic (exact) mass is 356 g/mol. The second kappa shape index (κ2) is 14.5. The van der Waals surface area contributed by atoms with Gasteiger partial charge in [-0.15, -0.1) is 0 Å². The molecule has 6 heteroatoms. The van der Waals surface area contributed by atoms with Gasteiger partial charge in [-0.05, 0) is 26.2 Å². The predicted molar refractivity (Wildman–Crippen MR) is 95.3 cm³/mol. The first-order valence-corrected chi connectivity index (χ1v) is 9.18. The molecule has 0 aliphatic heterocycles. The van der Waals surface area contributed by atoms with Gasteiger partial charge >= 0.3 is 17.9 Å². The molecule has 0 aromatic rings. The maximum atomic E-state index is 11.6. The average Bonchev–Trinajstić information content (AvgIpc) is 2.55. The van der Waals surface area contributed by atoms with E-state index in [9.17, 15) is 14.4 Å². The number of rotatable bonds is 15. The van der Waals surface area contributed by atoms with Gasteiger partial charge in [0, 0.05) is 0 Å². The molecule has 2 atom stereocenters. The molecule has 144 valence electrons. The summed E-state index contributed by atoms with van der Waals surface area (Å²) in [5.74, 6) is -4.03. The number of aliphatic carboxylic acids is 2. The highest BCUT2D eigenvalue weighted by Gasteiger charge is 2.23. The summed E-state index contributed by atoms with van der Waals surface area (Å²) in [7, 11) is 0. The molecule has 2 N–H and O–H groups in total. The van der Waals surface area contributed by atoms with Crippen LogP contribution < -0.4 is 0 Å². The molecule has 0 aliphatic carbocycles. The van der Waals surface area contributed by atoms with E-state index in [2.05, 4.69) is 11.7 Å². The third kappa shape index (κ3) is 13.2. The Morgan fingerprint density at radius 1 is 0.920 bits per heavy atom. The molecule has 0 rings (SSSR count). The van der Waals surface area contributed by atoms with Crippen LogP contribution in [-0.4, -0.2) is 34.2 Å². The summed E-state index contributed by atoms with van der Waals surface area (Å²) in [6.07, 6.45) is 11.9. The molecule has 0 saturated heterocycles. The third-order valence-corrected chi connectivity index (χ3v) is 3.98. The van der Waals surface area contributed by atoms with Crippen LogP contribution in [0.1, 0.15) is 78.1 Å². The quantitative estimate of drug-likeness (QED) is 0.259. The molecule has 0 aromatic carbocycles. The Morgan fingerprint density at radius 3 is 2.08 bits per heavy atom. The van der Waals surface area contributed by atoms with Crippen molar-refractivity contribution in [3.8, 4) is 0 Å². The maximum Gasteiger partial charge on any atom is 0.344 e. The van der Waals surface area contributed by atoms with Crippen molar-refractivity contribution in [1.29, 1.82) is 0 Å². The van der Waals surface area contributed by atoms with E-state index in [4.69, 9.17) is 10.2 Å². The Morgan fingerprint density at radius 2 is 1.52 bits per heavy atom. The fraction of sp³-hybridized carbons (Fsp3) is 0.737. The van der Waals surface area contributed by atoms with Crippen molar-refractivity contribution in [3.05, 3.63) is 12.2 Å². The number of carbonyl (C=O) groups is 3. The molecule has 0 saturated carbocycles. The van der Waals surface area contributed by atoms with Gasteiger partial charge < -0.3 is 14.9 Å². The lowest BCUT2D eigenvalue weighted by molar-refractivity contribution is -0.164. The summed E-state index contributed by atoms with van der Waals surface area (Å²) in [5.41, 5.74) is 0. The van der Waals surface area contributed by atoms with Crippen LogP contribution in [0.2, 0.25) is 0 Å². The summed E-state index contributed by atoms with van der Waals surface area (Å²) in [6.45, 7) is 3.43. The van der Waals surface area contributed by atoms with E-state index in [-0.39, 0.29) is 12.8 Å². The van der Waals surface area contributed by atoms with Crippen LogP contribution in [0.25, 0.3) is 0 Å². The largest absolute Gasteiger partial charge is 0.481 e. The van der Waals surface area contributed by atoms with Gasteiger partial charge in [0.15, 0.2) is 6.10 Å². The standard InChI is InChI=1S/C19H32O6/c1-3-4-5-6-7-8-9-10-11-12-13-16(19(23)24)14-17(20)25-15(2)18(21)22/h11-12,15-16H,3-10,13-14H2,1-2H3,(H,21,22)(H,23,24)/b12-11+. The molecule has 0 heterocycles. The van der Waals surface area contributed by atoms with Crippen molar-refractivity contribution in [2.45, 2.75) is 84.2 Å². The van der Waals surface area contributed by atoms with E-state index in [1.54, 1.807) is 6.08 Å². The molecule has 0 fully saturated rings. The third-order valence-electron chi connectivity index (χ3n) is 3.98. The first kappa shape index (κ1) is 23.1. The highest BCUT2D eigenvalue weighted by Crippen LogP contribution is 2.13. The number of carboxylic acids is 2. The van der Waals surface area contributed by atoms with E-state index in [0.29, 0.717) is 0 Å². The lowest BCUT2D eigenvalue weighted by Gasteiger charge is -2.12. The number of ether oxygens (including phenoxy) is 1. The topological polar surface area (TPSA) is 101 Å². The van der Waals surface area contributed by atoms with Gasteiger partial charge in [-0.1, -0.05) is 57.6 Å². The second-order valence-corrected chi connectivity index (χ2v) is 6.33. The number of allylic oxidation sites excluding steroid dienone is 2. The van der Waals surface area contributed by atoms with Crippen LogP contribution in [0.4, 0.5) is 0 Å². The van der Waals surface area contributed by atoms with Gasteiger partial charge in [0.2, 0.25) is 0 Å². The first-order valence-electron chi connectivity index (χ1n) is 9.18. The minimum absolute atomic E-state index is 0.238. The SMILES string of the molecule is CCCCCCCCC/C=C/CC(CC(=O)OC(C)C(=O)O)C(=O)O. The van der Waals surface area contributed by atoms with Gasteiger partial charge in [0.25, 0.3) is 0 Å². The van der Waals surface area contributed by atoms with E-state index >= 15 is 0 Å². The van der Waals surface area contributed by atoms with E-state index in [1.165, 1.54) is 45.4 Å². The number of hydrogen-bond donors (Lipinski definition) is 2. The predicted octanol–water partition coefficient (Wildman–Crippen LogP) is 4.18. The van der Waals surface area contributed by atoms with Crippen molar-refractivity contribution in [2.24, 2.45) is 5.92 Å².